The molecule has 17 heavy (non-hydrogen) atoms. The average Bonchev–Trinajstić information content (AvgIpc) is 2.20. The minimum absolute atomic E-state index is 0.0896. The number of nitrogens with one attached hydrogen (secondary N) is 1. The molecule has 1 amide bonds. The van der Waals surface area contributed by atoms with Gasteiger partial charge in [0.05, 0.1) is 0 Å². The van der Waals surface area contributed by atoms with Gasteiger partial charge in [-0.15, -0.1) is 0 Å². The van der Waals surface area contributed by atoms with Crippen LogP contribution in [0.5, 0.6) is 0 Å². The van der Waals surface area contributed by atoms with Gasteiger partial charge < -0.3 is 5.32 Å². The molecule has 0 heterocycles. The van der Waals surface area contributed by atoms with Crippen LogP contribution >= 0.6 is 0 Å². The van der Waals surface area contributed by atoms with Crippen LogP contribution in [0.25, 0.3) is 0 Å². The highest BCUT2D eigenvalue weighted by molar-refractivity contribution is 5.76. The van der Waals surface area contributed by atoms with Gasteiger partial charge >= 0.3 is 0 Å². The van der Waals surface area contributed by atoms with Crippen molar-refractivity contribution in [2.24, 2.45) is 5.92 Å². The zero-order chi connectivity index (χ0) is 13.3. The first-order chi connectivity index (χ1) is 7.85. The Balaban J connectivity index is 3.37. The SMILES string of the molecule is CCC(C)CCCCCCC(=O)NC(C)(C)C. The molecule has 1 atom stereocenters. The Morgan fingerprint density at radius 2 is 1.71 bits per heavy atom. The Morgan fingerprint density at radius 1 is 1.12 bits per heavy atom. The number of hydrogen-bond acceptors (Lipinski definition) is 1. The summed E-state index contributed by atoms with van der Waals surface area (Å²) in [7, 11) is 0. The van der Waals surface area contributed by atoms with Gasteiger partial charge in [0.2, 0.25) is 5.91 Å². The van der Waals surface area contributed by atoms with E-state index in [0.717, 1.165) is 12.3 Å². The summed E-state index contributed by atoms with van der Waals surface area (Å²) >= 11 is 0. The van der Waals surface area contributed by atoms with E-state index >= 15 is 0 Å². The molecule has 1 unspecified atom stereocenters. The fourth-order valence-corrected chi connectivity index (χ4v) is 1.82. The van der Waals surface area contributed by atoms with E-state index in [9.17, 15) is 4.79 Å². The summed E-state index contributed by atoms with van der Waals surface area (Å²) in [5.74, 6) is 1.05. The molecule has 0 bridgehead atoms. The molecule has 0 aromatic heterocycles. The van der Waals surface area contributed by atoms with Gasteiger partial charge in [-0.25, -0.2) is 0 Å². The molecule has 2 nitrogen and oxygen atoms in total. The molecule has 0 saturated heterocycles. The van der Waals surface area contributed by atoms with Crippen molar-refractivity contribution in [2.45, 2.75) is 85.1 Å². The lowest BCUT2D eigenvalue weighted by Gasteiger charge is -2.20. The Bertz CT molecular complexity index is 205. The molecule has 0 aromatic carbocycles. The third kappa shape index (κ3) is 11.7. The quantitative estimate of drug-likeness (QED) is 0.631. The molecule has 0 aliphatic heterocycles. The van der Waals surface area contributed by atoms with E-state index in [-0.39, 0.29) is 11.4 Å². The van der Waals surface area contributed by atoms with E-state index in [2.05, 4.69) is 19.2 Å². The second kappa shape index (κ2) is 8.54. The van der Waals surface area contributed by atoms with E-state index in [1.54, 1.807) is 0 Å². The van der Waals surface area contributed by atoms with Crippen LogP contribution in [0, 0.1) is 5.92 Å². The molecule has 0 aliphatic rings. The normalized spacial score (nSPS) is 13.5. The van der Waals surface area contributed by atoms with Gasteiger partial charge in [0.15, 0.2) is 0 Å². The van der Waals surface area contributed by atoms with Crippen LogP contribution in [0.2, 0.25) is 0 Å². The summed E-state index contributed by atoms with van der Waals surface area (Å²) in [5, 5.41) is 3.00. The Morgan fingerprint density at radius 3 is 2.24 bits per heavy atom. The fourth-order valence-electron chi connectivity index (χ4n) is 1.82. The Kier molecular flexibility index (Phi) is 8.28. The fraction of sp³-hybridized carbons (Fsp3) is 0.933. The molecular weight excluding hydrogens is 210 g/mol. The average molecular weight is 241 g/mol. The molecule has 1 N–H and O–H groups in total. The topological polar surface area (TPSA) is 29.1 Å². The minimum atomic E-state index is -0.0896. The van der Waals surface area contributed by atoms with Crippen LogP contribution in [0.4, 0.5) is 0 Å². The number of carbonyl (C=O) groups is 1. The maximum atomic E-state index is 11.5. The monoisotopic (exact) mass is 241 g/mol. The van der Waals surface area contributed by atoms with Crippen molar-refractivity contribution >= 4 is 5.91 Å². The third-order valence-electron chi connectivity index (χ3n) is 3.06. The lowest BCUT2D eigenvalue weighted by atomic mass is 10.00. The van der Waals surface area contributed by atoms with Crippen LogP contribution in [0.3, 0.4) is 0 Å². The van der Waals surface area contributed by atoms with Crippen LogP contribution in [0.1, 0.15) is 79.6 Å². The van der Waals surface area contributed by atoms with Gasteiger partial charge in [-0.2, -0.15) is 0 Å². The zero-order valence-corrected chi connectivity index (χ0v) is 12.4. The van der Waals surface area contributed by atoms with E-state index in [0.29, 0.717) is 6.42 Å². The summed E-state index contributed by atoms with van der Waals surface area (Å²) < 4.78 is 0. The molecule has 0 fully saturated rings. The second-order valence-electron chi connectivity index (χ2n) is 6.26. The first-order valence-corrected chi connectivity index (χ1v) is 7.16. The van der Waals surface area contributed by atoms with E-state index in [4.69, 9.17) is 0 Å². The number of hydrogen-bond donors (Lipinski definition) is 1. The van der Waals surface area contributed by atoms with E-state index in [1.165, 1.54) is 32.1 Å². The van der Waals surface area contributed by atoms with E-state index in [1.807, 2.05) is 20.8 Å². The van der Waals surface area contributed by atoms with Crippen molar-refractivity contribution in [1.29, 1.82) is 0 Å². The van der Waals surface area contributed by atoms with Gasteiger partial charge in [-0.1, -0.05) is 46.0 Å². The van der Waals surface area contributed by atoms with Crippen molar-refractivity contribution in [3.05, 3.63) is 0 Å². The number of rotatable bonds is 8. The van der Waals surface area contributed by atoms with Gasteiger partial charge in [-0.05, 0) is 33.1 Å². The molecule has 102 valence electrons. The lowest BCUT2D eigenvalue weighted by molar-refractivity contribution is -0.122. The zero-order valence-electron chi connectivity index (χ0n) is 12.4. The predicted octanol–water partition coefficient (Wildman–Crippen LogP) is 4.29. The molecule has 0 rings (SSSR count). The largest absolute Gasteiger partial charge is 0.352 e. The summed E-state index contributed by atoms with van der Waals surface area (Å²) in [6.07, 6.45) is 8.11. The van der Waals surface area contributed by atoms with Crippen LogP contribution < -0.4 is 5.32 Å². The number of amides is 1. The van der Waals surface area contributed by atoms with Crippen molar-refractivity contribution in [2.75, 3.05) is 0 Å². The highest BCUT2D eigenvalue weighted by Gasteiger charge is 2.12. The van der Waals surface area contributed by atoms with Crippen LogP contribution in [0.15, 0.2) is 0 Å². The van der Waals surface area contributed by atoms with Gasteiger partial charge in [-0.3, -0.25) is 4.79 Å². The molecule has 2 heteroatoms. The van der Waals surface area contributed by atoms with Gasteiger partial charge in [0.25, 0.3) is 0 Å². The first kappa shape index (κ1) is 16.5. The lowest BCUT2D eigenvalue weighted by Crippen LogP contribution is -2.40. The van der Waals surface area contributed by atoms with Crippen LogP contribution in [-0.4, -0.2) is 11.4 Å². The van der Waals surface area contributed by atoms with Crippen molar-refractivity contribution in [3.63, 3.8) is 0 Å². The maximum absolute atomic E-state index is 11.5. The standard InChI is InChI=1S/C15H31NO/c1-6-13(2)11-9-7-8-10-12-14(17)16-15(3,4)5/h13H,6-12H2,1-5H3,(H,16,17). The Labute approximate surface area is 108 Å². The smallest absolute Gasteiger partial charge is 0.220 e. The maximum Gasteiger partial charge on any atom is 0.220 e. The minimum Gasteiger partial charge on any atom is -0.352 e. The summed E-state index contributed by atoms with van der Waals surface area (Å²) in [6, 6.07) is 0. The van der Waals surface area contributed by atoms with E-state index < -0.39 is 0 Å². The highest BCUT2D eigenvalue weighted by atomic mass is 16.1. The molecular formula is C15H31NO. The first-order valence-electron chi connectivity index (χ1n) is 7.16. The van der Waals surface area contributed by atoms with Gasteiger partial charge in [0, 0.05) is 12.0 Å². The highest BCUT2D eigenvalue weighted by Crippen LogP contribution is 2.13. The van der Waals surface area contributed by atoms with Crippen molar-refractivity contribution < 1.29 is 4.79 Å². The summed E-state index contributed by atoms with van der Waals surface area (Å²) in [6.45, 7) is 10.6. The second-order valence-corrected chi connectivity index (χ2v) is 6.26. The Hall–Kier alpha value is -0.530. The molecule has 0 spiro atoms. The molecule has 0 radical (unpaired) electrons. The van der Waals surface area contributed by atoms with Crippen LogP contribution in [-0.2, 0) is 4.79 Å². The molecule has 0 aromatic rings. The molecule has 0 aliphatic carbocycles. The van der Waals surface area contributed by atoms with Crippen molar-refractivity contribution in [1.82, 2.24) is 5.32 Å². The summed E-state index contributed by atoms with van der Waals surface area (Å²) in [4.78, 5) is 11.5. The van der Waals surface area contributed by atoms with Gasteiger partial charge in [0.1, 0.15) is 0 Å². The predicted molar refractivity (Wildman–Crippen MR) is 75.1 cm³/mol. The number of unbranched alkanes of at least 4 members (excludes halogenated alkanes) is 3. The summed E-state index contributed by atoms with van der Waals surface area (Å²) in [5.41, 5.74) is -0.0896. The van der Waals surface area contributed by atoms with Crippen molar-refractivity contribution in [3.8, 4) is 0 Å². The third-order valence-corrected chi connectivity index (χ3v) is 3.06. The molecule has 0 saturated carbocycles. The number of carbonyl (C=O) groups excluding carboxylic acids is 1.